The number of H-pyrrole nitrogens is 1. The van der Waals surface area contributed by atoms with E-state index in [9.17, 15) is 5.11 Å². The predicted molar refractivity (Wildman–Crippen MR) is 84.2 cm³/mol. The molecular weight excluding hydrogens is 264 g/mol. The van der Waals surface area contributed by atoms with Crippen LogP contribution in [-0.2, 0) is 6.42 Å². The lowest BCUT2D eigenvalue weighted by Crippen LogP contribution is -2.13. The van der Waals surface area contributed by atoms with Crippen LogP contribution in [0.2, 0.25) is 0 Å². The number of fused-ring (bicyclic) bond motifs is 1. The summed E-state index contributed by atoms with van der Waals surface area (Å²) in [6, 6.07) is 7.41. The lowest BCUT2D eigenvalue weighted by molar-refractivity contribution is 0.474. The quantitative estimate of drug-likeness (QED) is 0.773. The molecular formula is C16H18N4O. The van der Waals surface area contributed by atoms with E-state index in [2.05, 4.69) is 21.9 Å². The molecule has 0 radical (unpaired) electrons. The molecule has 0 amide bonds. The fourth-order valence-corrected chi connectivity index (χ4v) is 2.57. The van der Waals surface area contributed by atoms with Gasteiger partial charge in [0.25, 0.3) is 0 Å². The number of nitrogens with one attached hydrogen (secondary N) is 1. The van der Waals surface area contributed by atoms with Gasteiger partial charge in [-0.15, -0.1) is 0 Å². The van der Waals surface area contributed by atoms with Crippen LogP contribution in [0.25, 0.3) is 11.0 Å². The van der Waals surface area contributed by atoms with Gasteiger partial charge in [-0.25, -0.2) is 9.97 Å². The van der Waals surface area contributed by atoms with Crippen molar-refractivity contribution >= 4 is 22.5 Å². The van der Waals surface area contributed by atoms with Crippen LogP contribution in [0.5, 0.6) is 5.75 Å². The molecule has 0 fully saturated rings. The highest BCUT2D eigenvalue weighted by molar-refractivity contribution is 5.81. The molecule has 0 saturated carbocycles. The minimum atomic E-state index is 0.289. The average Bonchev–Trinajstić information content (AvgIpc) is 2.95. The van der Waals surface area contributed by atoms with Gasteiger partial charge in [-0.05, 0) is 37.1 Å². The molecule has 3 rings (SSSR count). The normalized spacial score (nSPS) is 11.0. The Hall–Kier alpha value is -2.56. The Morgan fingerprint density at radius 3 is 2.86 bits per heavy atom. The molecule has 0 bridgehead atoms. The predicted octanol–water partition coefficient (Wildman–Crippen LogP) is 3.30. The largest absolute Gasteiger partial charge is 0.508 e. The number of anilines is 2. The number of hydrogen-bond acceptors (Lipinski definition) is 4. The molecule has 0 aliphatic heterocycles. The summed E-state index contributed by atoms with van der Waals surface area (Å²) >= 11 is 0. The summed E-state index contributed by atoms with van der Waals surface area (Å²) in [6.07, 6.45) is 2.53. The SMILES string of the molecule is CCc1cc(O)ccc1N(C)c1cc2[nH]cnc2c(C)n1. The molecule has 5 nitrogen and oxygen atoms in total. The summed E-state index contributed by atoms with van der Waals surface area (Å²) < 4.78 is 0. The van der Waals surface area contributed by atoms with E-state index in [0.29, 0.717) is 0 Å². The molecule has 3 aromatic rings. The van der Waals surface area contributed by atoms with E-state index in [0.717, 1.165) is 40.2 Å². The molecule has 5 heteroatoms. The Balaban J connectivity index is 2.09. The second-order valence-electron chi connectivity index (χ2n) is 5.09. The van der Waals surface area contributed by atoms with Crippen molar-refractivity contribution in [1.82, 2.24) is 15.0 Å². The first-order valence-corrected chi connectivity index (χ1v) is 6.96. The zero-order chi connectivity index (χ0) is 15.0. The Labute approximate surface area is 123 Å². The van der Waals surface area contributed by atoms with Gasteiger partial charge in [0, 0.05) is 18.8 Å². The molecule has 2 heterocycles. The third-order valence-electron chi connectivity index (χ3n) is 3.72. The minimum Gasteiger partial charge on any atom is -0.508 e. The average molecular weight is 282 g/mol. The summed E-state index contributed by atoms with van der Waals surface area (Å²) in [5.41, 5.74) is 4.89. The summed E-state index contributed by atoms with van der Waals surface area (Å²) in [6.45, 7) is 4.03. The monoisotopic (exact) mass is 282 g/mol. The smallest absolute Gasteiger partial charge is 0.135 e. The number of aromatic nitrogens is 3. The first-order chi connectivity index (χ1) is 10.1. The third-order valence-corrected chi connectivity index (χ3v) is 3.72. The first-order valence-electron chi connectivity index (χ1n) is 6.96. The maximum Gasteiger partial charge on any atom is 0.135 e. The van der Waals surface area contributed by atoms with Crippen molar-refractivity contribution in [3.8, 4) is 5.75 Å². The van der Waals surface area contributed by atoms with Crippen molar-refractivity contribution < 1.29 is 5.11 Å². The summed E-state index contributed by atoms with van der Waals surface area (Å²) in [7, 11) is 1.98. The van der Waals surface area contributed by atoms with Crippen LogP contribution in [0.4, 0.5) is 11.5 Å². The van der Waals surface area contributed by atoms with Crippen LogP contribution >= 0.6 is 0 Å². The second-order valence-corrected chi connectivity index (χ2v) is 5.09. The lowest BCUT2D eigenvalue weighted by atomic mass is 10.1. The minimum absolute atomic E-state index is 0.289. The Morgan fingerprint density at radius 1 is 1.29 bits per heavy atom. The fraction of sp³-hybridized carbons (Fsp3) is 0.250. The van der Waals surface area contributed by atoms with Gasteiger partial charge in [-0.3, -0.25) is 0 Å². The number of aryl methyl sites for hydroxylation is 2. The molecule has 2 N–H and O–H groups in total. The number of pyridine rings is 1. The van der Waals surface area contributed by atoms with Crippen LogP contribution in [-0.4, -0.2) is 27.1 Å². The highest BCUT2D eigenvalue weighted by Gasteiger charge is 2.13. The summed E-state index contributed by atoms with van der Waals surface area (Å²) in [5, 5.41) is 9.63. The lowest BCUT2D eigenvalue weighted by Gasteiger charge is -2.22. The van der Waals surface area contributed by atoms with Crippen molar-refractivity contribution in [2.75, 3.05) is 11.9 Å². The van der Waals surface area contributed by atoms with Gasteiger partial charge in [0.05, 0.1) is 17.5 Å². The van der Waals surface area contributed by atoms with E-state index in [4.69, 9.17) is 0 Å². The number of rotatable bonds is 3. The molecule has 2 aromatic heterocycles. The molecule has 108 valence electrons. The van der Waals surface area contributed by atoms with Crippen LogP contribution in [0, 0.1) is 6.92 Å². The van der Waals surface area contributed by atoms with Crippen LogP contribution in [0.1, 0.15) is 18.2 Å². The summed E-state index contributed by atoms with van der Waals surface area (Å²) in [4.78, 5) is 14.1. The Bertz CT molecular complexity index is 794. The van der Waals surface area contributed by atoms with Gasteiger partial charge in [-0.2, -0.15) is 0 Å². The highest BCUT2D eigenvalue weighted by Crippen LogP contribution is 2.30. The van der Waals surface area contributed by atoms with Crippen molar-refractivity contribution in [2.45, 2.75) is 20.3 Å². The maximum atomic E-state index is 9.63. The highest BCUT2D eigenvalue weighted by atomic mass is 16.3. The van der Waals surface area contributed by atoms with Crippen molar-refractivity contribution in [3.63, 3.8) is 0 Å². The summed E-state index contributed by atoms with van der Waals surface area (Å²) in [5.74, 6) is 1.14. The Kier molecular flexibility index (Phi) is 3.25. The van der Waals surface area contributed by atoms with Gasteiger partial charge in [0.2, 0.25) is 0 Å². The fourth-order valence-electron chi connectivity index (χ4n) is 2.57. The number of imidazole rings is 1. The van der Waals surface area contributed by atoms with E-state index in [1.54, 1.807) is 18.5 Å². The van der Waals surface area contributed by atoms with Crippen molar-refractivity contribution in [3.05, 3.63) is 41.9 Å². The third kappa shape index (κ3) is 2.31. The van der Waals surface area contributed by atoms with Gasteiger partial charge < -0.3 is 15.0 Å². The van der Waals surface area contributed by atoms with E-state index in [1.165, 1.54) is 0 Å². The molecule has 1 aromatic carbocycles. The molecule has 0 spiro atoms. The number of hydrogen-bond donors (Lipinski definition) is 2. The number of benzene rings is 1. The zero-order valence-corrected chi connectivity index (χ0v) is 12.4. The van der Waals surface area contributed by atoms with Gasteiger partial charge in [-0.1, -0.05) is 6.92 Å². The molecule has 21 heavy (non-hydrogen) atoms. The molecule has 0 unspecified atom stereocenters. The van der Waals surface area contributed by atoms with Crippen LogP contribution in [0.3, 0.4) is 0 Å². The number of phenolic OH excluding ortho intramolecular Hbond substituents is 1. The van der Waals surface area contributed by atoms with E-state index in [1.807, 2.05) is 31.0 Å². The first kappa shape index (κ1) is 13.4. The molecule has 0 aliphatic carbocycles. The van der Waals surface area contributed by atoms with E-state index < -0.39 is 0 Å². The molecule has 0 aliphatic rings. The van der Waals surface area contributed by atoms with Gasteiger partial charge in [0.1, 0.15) is 17.1 Å². The number of aromatic amines is 1. The maximum absolute atomic E-state index is 9.63. The standard InChI is InChI=1S/C16H18N4O/c1-4-11-7-12(21)5-6-14(11)20(3)15-8-13-16(10(2)19-15)18-9-17-13/h5-9,21H,4H2,1-3H3,(H,17,18). The van der Waals surface area contributed by atoms with Gasteiger partial charge >= 0.3 is 0 Å². The number of phenols is 1. The molecule has 0 saturated heterocycles. The molecule has 0 atom stereocenters. The zero-order valence-electron chi connectivity index (χ0n) is 12.4. The second kappa shape index (κ2) is 5.09. The van der Waals surface area contributed by atoms with E-state index >= 15 is 0 Å². The van der Waals surface area contributed by atoms with Crippen LogP contribution < -0.4 is 4.90 Å². The van der Waals surface area contributed by atoms with Crippen molar-refractivity contribution in [1.29, 1.82) is 0 Å². The van der Waals surface area contributed by atoms with Crippen LogP contribution in [0.15, 0.2) is 30.6 Å². The van der Waals surface area contributed by atoms with E-state index in [-0.39, 0.29) is 5.75 Å². The topological polar surface area (TPSA) is 65.0 Å². The van der Waals surface area contributed by atoms with Gasteiger partial charge in [0.15, 0.2) is 0 Å². The Morgan fingerprint density at radius 2 is 2.10 bits per heavy atom. The number of nitrogens with zero attached hydrogens (tertiary/aromatic N) is 3. The number of aromatic hydroxyl groups is 1. The van der Waals surface area contributed by atoms with Crippen molar-refractivity contribution in [2.24, 2.45) is 0 Å².